The van der Waals surface area contributed by atoms with Crippen LogP contribution in [-0.2, 0) is 26.2 Å². The fourth-order valence-electron chi connectivity index (χ4n) is 9.04. The number of nitrogens with zero attached hydrogens (tertiary/aromatic N) is 2. The molecule has 7 heterocycles. The van der Waals surface area contributed by atoms with Gasteiger partial charge in [-0.15, -0.1) is 0 Å². The molecule has 5 N–H and O–H groups in total. The zero-order valence-corrected chi connectivity index (χ0v) is 31.9. The summed E-state index contributed by atoms with van der Waals surface area (Å²) in [6.07, 6.45) is 1.51. The van der Waals surface area contributed by atoms with Gasteiger partial charge in [0.1, 0.15) is 28.8 Å². The maximum absolute atomic E-state index is 14.4. The van der Waals surface area contributed by atoms with Crippen LogP contribution < -0.4 is 20.7 Å². The molecular weight excluding hydrogens is 729 g/mol. The van der Waals surface area contributed by atoms with Crippen LogP contribution in [0.1, 0.15) is 85.4 Å². The van der Waals surface area contributed by atoms with E-state index in [0.29, 0.717) is 17.1 Å². The number of oxazole rings is 2. The molecule has 57 heavy (non-hydrogen) atoms. The van der Waals surface area contributed by atoms with Crippen molar-refractivity contribution in [3.63, 3.8) is 0 Å². The monoisotopic (exact) mass is 768 g/mol. The number of carbonyl (C=O) groups is 3. The largest absolute Gasteiger partial charge is 0.469 e. The molecule has 1 unspecified atom stereocenters. The molecular formula is C43H40N6O8. The number of benzene rings is 3. The summed E-state index contributed by atoms with van der Waals surface area (Å²) in [5.74, 6) is -0.768. The quantitative estimate of drug-likeness (QED) is 0.122. The minimum absolute atomic E-state index is 0.0115. The molecule has 0 saturated carbocycles. The Labute approximate surface area is 326 Å². The number of anilines is 1. The zero-order valence-electron chi connectivity index (χ0n) is 31.9. The van der Waals surface area contributed by atoms with Gasteiger partial charge in [-0.05, 0) is 42.0 Å². The highest BCUT2D eigenvalue weighted by atomic mass is 16.5. The molecule has 10 rings (SSSR count). The summed E-state index contributed by atoms with van der Waals surface area (Å²) in [5, 5.41) is 21.7. The predicted octanol–water partition coefficient (Wildman–Crippen LogP) is 6.13. The molecule has 4 aliphatic rings. The van der Waals surface area contributed by atoms with E-state index in [4.69, 9.17) is 28.3 Å². The first-order chi connectivity index (χ1) is 27.5. The minimum Gasteiger partial charge on any atom is -0.469 e. The van der Waals surface area contributed by atoms with Crippen molar-refractivity contribution >= 4 is 34.4 Å². The van der Waals surface area contributed by atoms with E-state index in [1.54, 1.807) is 20.0 Å². The van der Waals surface area contributed by atoms with Gasteiger partial charge in [0, 0.05) is 51.5 Å². The van der Waals surface area contributed by atoms with E-state index in [2.05, 4.69) is 20.9 Å². The second-order valence-electron chi connectivity index (χ2n) is 15.6. The minimum atomic E-state index is -1.65. The summed E-state index contributed by atoms with van der Waals surface area (Å²) in [5.41, 5.74) is 3.65. The van der Waals surface area contributed by atoms with Crippen molar-refractivity contribution in [2.45, 2.75) is 76.3 Å². The van der Waals surface area contributed by atoms with Gasteiger partial charge < -0.3 is 44.3 Å². The number of para-hydroxylation sites is 1. The van der Waals surface area contributed by atoms with Crippen LogP contribution in [0.5, 0.6) is 5.75 Å². The van der Waals surface area contributed by atoms with Gasteiger partial charge in [0.05, 0.1) is 7.11 Å². The molecule has 0 aliphatic carbocycles. The van der Waals surface area contributed by atoms with Crippen molar-refractivity contribution < 1.29 is 37.8 Å². The number of amides is 2. The first kappa shape index (κ1) is 35.0. The van der Waals surface area contributed by atoms with Crippen molar-refractivity contribution in [3.8, 4) is 39.8 Å². The number of methoxy groups -OCH3 is 1. The second-order valence-corrected chi connectivity index (χ2v) is 15.6. The third kappa shape index (κ3) is 4.76. The number of hydrogen-bond acceptors (Lipinski definition) is 11. The van der Waals surface area contributed by atoms with E-state index in [1.165, 1.54) is 7.11 Å². The summed E-state index contributed by atoms with van der Waals surface area (Å²) in [6, 6.07) is 15.9. The lowest BCUT2D eigenvalue weighted by molar-refractivity contribution is -0.143. The zero-order chi connectivity index (χ0) is 39.5. The SMILES string of the molecule is CCC(O)(CC)C(=O)N[C@H]1Cc2ccc3c(c2)[C@]24c5cccc(c5NC2O3)-c2cccc3[nH]cc(c23)-c2oc(nc2C(=O)OC)-c2nc(oc24)[C@H](C(C)C)NC1=O. The molecule has 3 aromatic carbocycles. The Morgan fingerprint density at radius 2 is 1.81 bits per heavy atom. The van der Waals surface area contributed by atoms with Crippen LogP contribution in [0.2, 0.25) is 0 Å². The van der Waals surface area contributed by atoms with Gasteiger partial charge in [0.15, 0.2) is 29.1 Å². The number of ether oxygens (including phenoxy) is 2. The van der Waals surface area contributed by atoms with Gasteiger partial charge in [0.2, 0.25) is 17.7 Å². The van der Waals surface area contributed by atoms with Crippen molar-refractivity contribution in [3.05, 3.63) is 94.8 Å². The third-order valence-electron chi connectivity index (χ3n) is 12.2. The highest BCUT2D eigenvalue weighted by Crippen LogP contribution is 2.61. The Bertz CT molecular complexity index is 2690. The average Bonchev–Trinajstić information content (AvgIpc) is 4.04. The number of nitrogens with one attached hydrogen (secondary N) is 4. The lowest BCUT2D eigenvalue weighted by atomic mass is 9.72. The number of carbonyl (C=O) groups excluding carboxylic acids is 3. The molecule has 6 aromatic rings. The number of hydrogen-bond donors (Lipinski definition) is 5. The molecule has 1 spiro atoms. The van der Waals surface area contributed by atoms with Crippen LogP contribution >= 0.6 is 0 Å². The fourth-order valence-corrected chi connectivity index (χ4v) is 9.04. The highest BCUT2D eigenvalue weighted by Gasteiger charge is 2.62. The predicted molar refractivity (Wildman–Crippen MR) is 207 cm³/mol. The summed E-state index contributed by atoms with van der Waals surface area (Å²) in [7, 11) is 1.29. The number of aromatic nitrogens is 3. The number of H-pyrrole nitrogens is 1. The molecule has 14 nitrogen and oxygen atoms in total. The van der Waals surface area contributed by atoms with Crippen LogP contribution in [0.3, 0.4) is 0 Å². The molecule has 3 aromatic heterocycles. The van der Waals surface area contributed by atoms with Crippen LogP contribution in [-0.4, -0.2) is 62.8 Å². The molecule has 0 fully saturated rings. The van der Waals surface area contributed by atoms with Crippen LogP contribution in [0.15, 0.2) is 69.6 Å². The molecule has 14 heteroatoms. The summed E-state index contributed by atoms with van der Waals surface area (Å²) < 4.78 is 25.7. The maximum Gasteiger partial charge on any atom is 0.360 e. The topological polar surface area (TPSA) is 194 Å². The first-order valence-electron chi connectivity index (χ1n) is 19.3. The average molecular weight is 769 g/mol. The lowest BCUT2D eigenvalue weighted by Gasteiger charge is -2.30. The fraction of sp³-hybridized carbons (Fsp3) is 0.326. The molecule has 290 valence electrons. The number of esters is 1. The molecule has 10 bridgehead atoms. The van der Waals surface area contributed by atoms with E-state index in [-0.39, 0.29) is 54.1 Å². The van der Waals surface area contributed by atoms with E-state index in [1.807, 2.05) is 68.4 Å². The Balaban J connectivity index is 1.30. The van der Waals surface area contributed by atoms with Crippen molar-refractivity contribution in [2.24, 2.45) is 5.92 Å². The van der Waals surface area contributed by atoms with Crippen LogP contribution in [0.25, 0.3) is 44.9 Å². The standard InChI is InChI=1S/C43H40N6O8/c1-6-42(53,7-2)40(52)45-27-17-20-14-15-28-25(16-20)43-24-12-8-11-22(31(24)49-41(43)55-28)21-10-9-13-26-29(21)23(18-44-26)34-32(39(51)54-5)47-38(56-34)33-35(43)57-37(48-33)30(19(3)4)46-36(27)50/h8-16,18-19,27,30,41,44,49,53H,6-7,17H2,1-5H3,(H,45,52)(H,46,50)/t27-,30-,41?,43-/m0/s1. The van der Waals surface area contributed by atoms with E-state index in [9.17, 15) is 19.5 Å². The Hall–Kier alpha value is -6.41. The molecule has 4 aliphatic heterocycles. The third-order valence-corrected chi connectivity index (χ3v) is 12.2. The number of aliphatic hydroxyl groups is 1. The van der Waals surface area contributed by atoms with Gasteiger partial charge in [0.25, 0.3) is 5.91 Å². The number of rotatable bonds is 6. The normalized spacial score (nSPS) is 21.2. The lowest BCUT2D eigenvalue weighted by Crippen LogP contribution is -2.55. The van der Waals surface area contributed by atoms with Gasteiger partial charge in [-0.3, -0.25) is 9.59 Å². The smallest absolute Gasteiger partial charge is 0.360 e. The summed E-state index contributed by atoms with van der Waals surface area (Å²) >= 11 is 0. The maximum atomic E-state index is 14.4. The van der Waals surface area contributed by atoms with E-state index in [0.717, 1.165) is 44.4 Å². The van der Waals surface area contributed by atoms with Gasteiger partial charge >= 0.3 is 5.97 Å². The van der Waals surface area contributed by atoms with Gasteiger partial charge in [-0.2, -0.15) is 4.98 Å². The highest BCUT2D eigenvalue weighted by molar-refractivity contribution is 6.10. The van der Waals surface area contributed by atoms with E-state index < -0.39 is 47.1 Å². The van der Waals surface area contributed by atoms with Crippen molar-refractivity contribution in [1.29, 1.82) is 0 Å². The van der Waals surface area contributed by atoms with Gasteiger partial charge in [-0.1, -0.05) is 70.2 Å². The van der Waals surface area contributed by atoms with Crippen LogP contribution in [0, 0.1) is 5.92 Å². The number of fused-ring (bicyclic) bond motifs is 7. The Morgan fingerprint density at radius 1 is 1.02 bits per heavy atom. The molecule has 0 saturated heterocycles. The van der Waals surface area contributed by atoms with Gasteiger partial charge in [-0.25, -0.2) is 9.78 Å². The van der Waals surface area contributed by atoms with Crippen LogP contribution in [0.4, 0.5) is 5.69 Å². The van der Waals surface area contributed by atoms with Crippen molar-refractivity contribution in [2.75, 3.05) is 12.4 Å². The molecule has 2 amide bonds. The van der Waals surface area contributed by atoms with Crippen molar-refractivity contribution in [1.82, 2.24) is 25.6 Å². The Morgan fingerprint density at radius 3 is 2.58 bits per heavy atom. The first-order valence-corrected chi connectivity index (χ1v) is 19.3. The second kappa shape index (κ2) is 12.3. The summed E-state index contributed by atoms with van der Waals surface area (Å²) in [6.45, 7) is 7.32. The summed E-state index contributed by atoms with van der Waals surface area (Å²) in [4.78, 5) is 54.7. The molecule has 4 atom stereocenters. The van der Waals surface area contributed by atoms with E-state index >= 15 is 0 Å². The molecule has 0 radical (unpaired) electrons. The number of aromatic amines is 1. The Kier molecular flexibility index (Phi) is 7.56.